The second-order valence-corrected chi connectivity index (χ2v) is 16.4. The molecular weight excluding hydrogens is 567 g/mol. The lowest BCUT2D eigenvalue weighted by atomic mass is 9.33. The van der Waals surface area contributed by atoms with Crippen LogP contribution in [0, 0.1) is 0 Å². The molecule has 2 unspecified atom stereocenters. The summed E-state index contributed by atoms with van der Waals surface area (Å²) in [5.74, 6) is 0. The van der Waals surface area contributed by atoms with Crippen LogP contribution in [0.1, 0.15) is 71.4 Å². The smallest absolute Gasteiger partial charge is 0.252 e. The van der Waals surface area contributed by atoms with E-state index in [1.54, 1.807) is 5.56 Å². The van der Waals surface area contributed by atoms with E-state index in [0.29, 0.717) is 0 Å². The van der Waals surface area contributed by atoms with E-state index >= 15 is 0 Å². The van der Waals surface area contributed by atoms with Crippen LogP contribution in [-0.4, -0.2) is 16.8 Å². The molecule has 1 saturated carbocycles. The van der Waals surface area contributed by atoms with Gasteiger partial charge in [0.15, 0.2) is 0 Å². The van der Waals surface area contributed by atoms with Gasteiger partial charge in [0.05, 0.1) is 11.1 Å². The minimum absolute atomic E-state index is 0.0147. The number of benzene rings is 6. The third kappa shape index (κ3) is 2.90. The first-order valence-corrected chi connectivity index (χ1v) is 17.7. The predicted octanol–water partition coefficient (Wildman–Crippen LogP) is 9.27. The number of fused-ring (bicyclic) bond motifs is 15. The second-order valence-electron chi connectivity index (χ2n) is 16.4. The maximum Gasteiger partial charge on any atom is 0.252 e. The number of nitrogens with zero attached hydrogens (tertiary/aromatic N) is 2. The summed E-state index contributed by atoms with van der Waals surface area (Å²) in [4.78, 5) is 2.83. The number of anilines is 2. The fourth-order valence-corrected chi connectivity index (χ4v) is 10.8. The molecule has 0 bridgehead atoms. The average molecular weight is 607 g/mol. The molecular formula is C44H39BN2. The van der Waals surface area contributed by atoms with Gasteiger partial charge in [-0.25, -0.2) is 0 Å². The van der Waals surface area contributed by atoms with Gasteiger partial charge in [0, 0.05) is 44.2 Å². The van der Waals surface area contributed by atoms with E-state index in [9.17, 15) is 0 Å². The topological polar surface area (TPSA) is 8.17 Å². The molecule has 2 nitrogen and oxygen atoms in total. The first kappa shape index (κ1) is 26.6. The molecule has 11 rings (SSSR count). The fourth-order valence-electron chi connectivity index (χ4n) is 10.8. The normalized spacial score (nSPS) is 22.3. The zero-order valence-corrected chi connectivity index (χ0v) is 28.0. The Balaban J connectivity index is 1.39. The van der Waals surface area contributed by atoms with Crippen molar-refractivity contribution < 1.29 is 0 Å². The zero-order valence-electron chi connectivity index (χ0n) is 28.0. The minimum Gasteiger partial charge on any atom is -0.335 e. The molecule has 1 fully saturated rings. The van der Waals surface area contributed by atoms with Gasteiger partial charge in [-0.3, -0.25) is 0 Å². The molecule has 228 valence electrons. The van der Waals surface area contributed by atoms with E-state index in [1.165, 1.54) is 108 Å². The summed E-state index contributed by atoms with van der Waals surface area (Å²) in [5.41, 5.74) is 14.7. The molecule has 3 heteroatoms. The standard InChI is InChI=1S/C44H39BN2/c1-42(2,3)26-24-31-37-29-16-8-6-14-27(29)28-15-7-9-17-30(28)40(37)46-35-20-13-21-36-38(35)45(34(25-26)39(31)46)33-19-12-18-32-41(33)47(36)44(5)23-11-10-22-43(32,44)4/h6-9,12-21,24-25H,10-11,22-23H2,1-5H3. The van der Waals surface area contributed by atoms with Gasteiger partial charge < -0.3 is 9.47 Å². The van der Waals surface area contributed by atoms with Crippen LogP contribution >= 0.6 is 0 Å². The Labute approximate surface area is 277 Å². The number of aromatic nitrogens is 1. The summed E-state index contributed by atoms with van der Waals surface area (Å²) in [6.45, 7) is 12.5. The van der Waals surface area contributed by atoms with Crippen molar-refractivity contribution in [2.24, 2.45) is 0 Å². The van der Waals surface area contributed by atoms with E-state index in [2.05, 4.69) is 141 Å². The molecule has 1 aromatic heterocycles. The van der Waals surface area contributed by atoms with Crippen LogP contribution in [0.4, 0.5) is 11.4 Å². The zero-order chi connectivity index (χ0) is 31.6. The molecule has 4 heterocycles. The van der Waals surface area contributed by atoms with Crippen LogP contribution in [0.15, 0.2) is 97.1 Å². The predicted molar refractivity (Wildman–Crippen MR) is 202 cm³/mol. The second kappa shape index (κ2) is 8.31. The molecule has 7 aromatic rings. The fraction of sp³-hybridized carbons (Fsp3) is 0.273. The van der Waals surface area contributed by atoms with Gasteiger partial charge >= 0.3 is 0 Å². The molecule has 0 N–H and O–H groups in total. The SMILES string of the molecule is CC(C)(C)c1cc2c3c(c1)c1c4ccccc4c4ccccc4c1n3-c1cccc3c1B2c1cccc2c1N3C1(C)CCCCC21C. The summed E-state index contributed by atoms with van der Waals surface area (Å²) in [7, 11) is 0. The Morgan fingerprint density at radius 1 is 0.638 bits per heavy atom. The molecule has 0 radical (unpaired) electrons. The molecule has 0 saturated heterocycles. The molecule has 6 aromatic carbocycles. The Bertz CT molecular complexity index is 2570. The largest absolute Gasteiger partial charge is 0.335 e. The third-order valence-electron chi connectivity index (χ3n) is 13.2. The quantitative estimate of drug-likeness (QED) is 0.123. The lowest BCUT2D eigenvalue weighted by Gasteiger charge is -2.52. The van der Waals surface area contributed by atoms with Gasteiger partial charge in [0.1, 0.15) is 0 Å². The molecule has 2 atom stereocenters. The van der Waals surface area contributed by atoms with Gasteiger partial charge in [0.2, 0.25) is 0 Å². The first-order valence-electron chi connectivity index (χ1n) is 17.7. The first-order chi connectivity index (χ1) is 22.7. The molecule has 3 aliphatic heterocycles. The summed E-state index contributed by atoms with van der Waals surface area (Å²) >= 11 is 0. The minimum atomic E-state index is 0.0147. The van der Waals surface area contributed by atoms with Gasteiger partial charge in [-0.1, -0.05) is 119 Å². The Kier molecular flexibility index (Phi) is 4.70. The number of para-hydroxylation sites is 1. The van der Waals surface area contributed by atoms with Crippen molar-refractivity contribution in [3.05, 3.63) is 108 Å². The van der Waals surface area contributed by atoms with Crippen LogP contribution in [0.25, 0.3) is 49.0 Å². The van der Waals surface area contributed by atoms with Crippen molar-refractivity contribution in [2.75, 3.05) is 4.90 Å². The van der Waals surface area contributed by atoms with Crippen LogP contribution in [0.5, 0.6) is 0 Å². The van der Waals surface area contributed by atoms with Crippen molar-refractivity contribution in [1.82, 2.24) is 4.57 Å². The maximum atomic E-state index is 2.83. The monoisotopic (exact) mass is 606 g/mol. The van der Waals surface area contributed by atoms with Gasteiger partial charge in [-0.05, 0) is 87.1 Å². The third-order valence-corrected chi connectivity index (χ3v) is 13.2. The Morgan fingerprint density at radius 2 is 1.32 bits per heavy atom. The summed E-state index contributed by atoms with van der Waals surface area (Å²) in [5, 5.41) is 8.14. The van der Waals surface area contributed by atoms with Gasteiger partial charge in [0.25, 0.3) is 6.71 Å². The highest BCUT2D eigenvalue weighted by molar-refractivity contribution is 7.00. The van der Waals surface area contributed by atoms with E-state index in [1.807, 2.05) is 0 Å². The van der Waals surface area contributed by atoms with E-state index < -0.39 is 0 Å². The number of hydrogen-bond donors (Lipinski definition) is 0. The van der Waals surface area contributed by atoms with Crippen molar-refractivity contribution in [3.8, 4) is 5.69 Å². The van der Waals surface area contributed by atoms with Crippen LogP contribution in [-0.2, 0) is 10.8 Å². The number of rotatable bonds is 0. The Morgan fingerprint density at radius 3 is 2.11 bits per heavy atom. The molecule has 4 aliphatic rings. The Hall–Kier alpha value is -4.50. The highest BCUT2D eigenvalue weighted by Crippen LogP contribution is 2.61. The van der Waals surface area contributed by atoms with Crippen molar-refractivity contribution in [2.45, 2.75) is 76.7 Å². The summed E-state index contributed by atoms with van der Waals surface area (Å²) in [6.07, 6.45) is 5.09. The van der Waals surface area contributed by atoms with E-state index in [0.717, 1.165) is 0 Å². The lowest BCUT2D eigenvalue weighted by molar-refractivity contribution is 0.195. The summed E-state index contributed by atoms with van der Waals surface area (Å²) in [6, 6.07) is 37.9. The summed E-state index contributed by atoms with van der Waals surface area (Å²) < 4.78 is 2.68. The average Bonchev–Trinajstić information content (AvgIpc) is 3.53. The van der Waals surface area contributed by atoms with Crippen LogP contribution < -0.4 is 21.3 Å². The van der Waals surface area contributed by atoms with Crippen molar-refractivity contribution in [1.29, 1.82) is 0 Å². The van der Waals surface area contributed by atoms with E-state index in [-0.39, 0.29) is 23.1 Å². The lowest BCUT2D eigenvalue weighted by Crippen LogP contribution is -2.64. The molecule has 0 spiro atoms. The van der Waals surface area contributed by atoms with Crippen molar-refractivity contribution >= 4 is 77.8 Å². The maximum absolute atomic E-state index is 2.83. The van der Waals surface area contributed by atoms with Gasteiger partial charge in [-0.15, -0.1) is 0 Å². The van der Waals surface area contributed by atoms with Crippen molar-refractivity contribution in [3.63, 3.8) is 0 Å². The van der Waals surface area contributed by atoms with Gasteiger partial charge in [-0.2, -0.15) is 0 Å². The molecule has 0 amide bonds. The van der Waals surface area contributed by atoms with Crippen LogP contribution in [0.3, 0.4) is 0 Å². The highest BCUT2D eigenvalue weighted by atomic mass is 15.3. The number of hydrogen-bond acceptors (Lipinski definition) is 1. The molecule has 1 aliphatic carbocycles. The highest BCUT2D eigenvalue weighted by Gasteiger charge is 2.61. The van der Waals surface area contributed by atoms with Crippen LogP contribution in [0.2, 0.25) is 0 Å². The molecule has 47 heavy (non-hydrogen) atoms. The van der Waals surface area contributed by atoms with E-state index in [4.69, 9.17) is 0 Å².